The second-order valence-corrected chi connectivity index (χ2v) is 12.5. The van der Waals surface area contributed by atoms with E-state index in [1.54, 1.807) is 6.92 Å². The maximum Gasteiger partial charge on any atom is 0.305 e. The summed E-state index contributed by atoms with van der Waals surface area (Å²) in [6.45, 7) is 13.9. The van der Waals surface area contributed by atoms with E-state index in [4.69, 9.17) is 19.7 Å². The van der Waals surface area contributed by atoms with Crippen molar-refractivity contribution in [3.63, 3.8) is 0 Å². The third-order valence-corrected chi connectivity index (χ3v) is 9.73. The van der Waals surface area contributed by atoms with Crippen LogP contribution in [0, 0.1) is 11.8 Å². The summed E-state index contributed by atoms with van der Waals surface area (Å²) in [4.78, 5) is 27.4. The molecule has 0 spiro atoms. The van der Waals surface area contributed by atoms with Crippen LogP contribution in [-0.4, -0.2) is 46.0 Å². The second-order valence-electron chi connectivity index (χ2n) is 12.5. The predicted molar refractivity (Wildman–Crippen MR) is 170 cm³/mol. The van der Waals surface area contributed by atoms with E-state index < -0.39 is 5.60 Å². The first-order valence-electron chi connectivity index (χ1n) is 15.1. The molecule has 6 rings (SSSR count). The summed E-state index contributed by atoms with van der Waals surface area (Å²) in [7, 11) is 1.41. The molecule has 8 nitrogen and oxygen atoms in total. The number of nitrogens with zero attached hydrogens (tertiary/aromatic N) is 3. The first kappa shape index (κ1) is 29.1. The van der Waals surface area contributed by atoms with Gasteiger partial charge in [-0.15, -0.1) is 0 Å². The van der Waals surface area contributed by atoms with Gasteiger partial charge in [0.1, 0.15) is 0 Å². The summed E-state index contributed by atoms with van der Waals surface area (Å²) in [5.41, 5.74) is 12.2. The van der Waals surface area contributed by atoms with Gasteiger partial charge in [0, 0.05) is 52.8 Å². The number of rotatable bonds is 4. The van der Waals surface area contributed by atoms with E-state index >= 15 is 0 Å². The summed E-state index contributed by atoms with van der Waals surface area (Å²) in [5.74, 6) is -0.0108. The summed E-state index contributed by atoms with van der Waals surface area (Å²) in [5, 5.41) is 26.2. The Morgan fingerprint density at radius 3 is 2.44 bits per heavy atom. The highest BCUT2D eigenvalue weighted by Crippen LogP contribution is 2.49. The van der Waals surface area contributed by atoms with Crippen LogP contribution in [0.25, 0.3) is 0 Å². The van der Waals surface area contributed by atoms with Gasteiger partial charge < -0.3 is 20.3 Å². The molecule has 1 aliphatic carbocycles. The molecule has 3 atom stereocenters. The average Bonchev–Trinajstić information content (AvgIpc) is 3.68. The summed E-state index contributed by atoms with van der Waals surface area (Å²) in [6, 6.07) is 0. The molecule has 0 amide bonds. The van der Waals surface area contributed by atoms with Crippen molar-refractivity contribution in [2.75, 3.05) is 7.11 Å². The maximum absolute atomic E-state index is 12.2. The lowest BCUT2D eigenvalue weighted by Gasteiger charge is -2.19. The number of ether oxygens (including phenoxy) is 1. The first-order chi connectivity index (χ1) is 20.4. The molecule has 8 bridgehead atoms. The Hall–Kier alpha value is -4.04. The van der Waals surface area contributed by atoms with Gasteiger partial charge in [-0.25, -0.2) is 15.0 Å². The van der Waals surface area contributed by atoms with Gasteiger partial charge >= 0.3 is 5.97 Å². The molecule has 0 aromatic carbocycles. The van der Waals surface area contributed by atoms with E-state index in [1.807, 2.05) is 32.9 Å². The number of hydrogen-bond acceptors (Lipinski definition) is 8. The number of carbonyl (C=O) groups is 1. The van der Waals surface area contributed by atoms with Gasteiger partial charge in [-0.2, -0.15) is 0 Å². The number of allylic oxidation sites excluding steroid dienone is 11. The maximum atomic E-state index is 12.2. The number of carbonyl (C=O) groups excluding carboxylic acids is 1. The van der Waals surface area contributed by atoms with Gasteiger partial charge in [0.2, 0.25) is 0 Å². The molecule has 3 N–H and O–H groups in total. The lowest BCUT2D eigenvalue weighted by Crippen LogP contribution is -2.23. The van der Waals surface area contributed by atoms with Crippen LogP contribution >= 0.6 is 0 Å². The summed E-state index contributed by atoms with van der Waals surface area (Å²) < 4.78 is 4.98. The Kier molecular flexibility index (Phi) is 6.96. The average molecular weight is 581 g/mol. The molecule has 5 heterocycles. The highest BCUT2D eigenvalue weighted by atomic mass is 16.5. The van der Waals surface area contributed by atoms with E-state index in [-0.39, 0.29) is 30.0 Å². The molecule has 8 heteroatoms. The van der Waals surface area contributed by atoms with Crippen LogP contribution in [0.3, 0.4) is 0 Å². The number of aliphatic hydroxyl groups excluding tert-OH is 1. The van der Waals surface area contributed by atoms with Gasteiger partial charge in [0.15, 0.2) is 0 Å². The summed E-state index contributed by atoms with van der Waals surface area (Å²) >= 11 is 0. The van der Waals surface area contributed by atoms with Crippen LogP contribution in [0.5, 0.6) is 0 Å². The van der Waals surface area contributed by atoms with Crippen LogP contribution in [0.4, 0.5) is 0 Å². The highest BCUT2D eigenvalue weighted by molar-refractivity contribution is 6.22. The van der Waals surface area contributed by atoms with E-state index in [2.05, 4.69) is 32.2 Å². The Bertz CT molecular complexity index is 1720. The number of esters is 1. The van der Waals surface area contributed by atoms with Crippen molar-refractivity contribution in [1.29, 1.82) is 0 Å². The number of hydrogen-bond donors (Lipinski definition) is 3. The summed E-state index contributed by atoms with van der Waals surface area (Å²) in [6.07, 6.45) is 8.16. The molecule has 43 heavy (non-hydrogen) atoms. The van der Waals surface area contributed by atoms with Crippen molar-refractivity contribution in [2.24, 2.45) is 26.8 Å². The van der Waals surface area contributed by atoms with Crippen LogP contribution < -0.4 is 5.32 Å². The Labute approximate surface area is 253 Å². The monoisotopic (exact) mass is 580 g/mol. The Morgan fingerprint density at radius 2 is 1.77 bits per heavy atom. The van der Waals surface area contributed by atoms with Crippen molar-refractivity contribution in [1.82, 2.24) is 5.32 Å². The Morgan fingerprint density at radius 1 is 1.07 bits per heavy atom. The number of aliphatic imine (C=N–C) groups is 3. The smallest absolute Gasteiger partial charge is 0.305 e. The molecule has 5 aliphatic heterocycles. The molecule has 2 fully saturated rings. The van der Waals surface area contributed by atoms with Crippen molar-refractivity contribution in [2.45, 2.75) is 79.8 Å². The standard InChI is InChI=1S/C35H40N4O4/c1-9-21-16(2)24-14-29-31(20(6)40)18(4)26(37-29)12-25-17(3)22(10-11-30(41)43-8)33(38-25)23-15-35(7,42)32-19(5)27(39-34(23)32)13-28(21)36-24/h12-14,17,22,38,40,42H,9-11,15H2,1-8H3/b24-14?,25-12?,27-13?,31-20+,33-23?/t17-,22-,35-/m0/s1. The number of aliphatic hydroxyl groups is 2. The van der Waals surface area contributed by atoms with E-state index in [0.29, 0.717) is 24.1 Å². The minimum Gasteiger partial charge on any atom is -0.512 e. The Balaban J connectivity index is 1.63. The molecule has 1 saturated carbocycles. The SMILES string of the molecule is CCC1=C(C)C2=CC3=NC(=C(C)/C3=C(/C)O)C=C3NC(=C4C[C@](C)(O)C5=C(C)C(=CC1=N2)N=C45)[C@@H](CCC(=O)OC)[C@@H]3C. The highest BCUT2D eigenvalue weighted by Gasteiger charge is 2.48. The molecular weight excluding hydrogens is 540 g/mol. The predicted octanol–water partition coefficient (Wildman–Crippen LogP) is 6.38. The van der Waals surface area contributed by atoms with Crippen LogP contribution in [0.15, 0.2) is 106 Å². The third kappa shape index (κ3) is 4.54. The molecule has 1 saturated heterocycles. The lowest BCUT2D eigenvalue weighted by atomic mass is 9.86. The zero-order valence-electron chi connectivity index (χ0n) is 26.3. The largest absolute Gasteiger partial charge is 0.512 e. The van der Waals surface area contributed by atoms with Gasteiger partial charge in [0.05, 0.1) is 52.7 Å². The van der Waals surface area contributed by atoms with Crippen LogP contribution in [-0.2, 0) is 9.53 Å². The molecule has 0 unspecified atom stereocenters. The molecule has 0 radical (unpaired) electrons. The zero-order valence-corrected chi connectivity index (χ0v) is 26.3. The molecular formula is C35H40N4O4. The fourth-order valence-corrected chi connectivity index (χ4v) is 7.42. The van der Waals surface area contributed by atoms with Gasteiger partial charge in [0.25, 0.3) is 0 Å². The lowest BCUT2D eigenvalue weighted by molar-refractivity contribution is -0.140. The minimum atomic E-state index is -1.08. The molecule has 0 aromatic heterocycles. The number of methoxy groups -OCH3 is 1. The molecule has 6 aliphatic rings. The van der Waals surface area contributed by atoms with Crippen LogP contribution in [0.2, 0.25) is 0 Å². The zero-order chi connectivity index (χ0) is 31.0. The quantitative estimate of drug-likeness (QED) is 0.264. The van der Waals surface area contributed by atoms with Crippen molar-refractivity contribution in [3.05, 3.63) is 91.5 Å². The third-order valence-electron chi connectivity index (χ3n) is 9.73. The fraction of sp³-hybridized carbons (Fsp3) is 0.429. The molecule has 224 valence electrons. The number of fused-ring (bicyclic) bond motifs is 5. The number of nitrogens with one attached hydrogen (secondary N) is 1. The second kappa shape index (κ2) is 10.3. The topological polar surface area (TPSA) is 116 Å². The van der Waals surface area contributed by atoms with Crippen molar-refractivity contribution in [3.8, 4) is 0 Å². The minimum absolute atomic E-state index is 0.0117. The van der Waals surface area contributed by atoms with Crippen LogP contribution in [0.1, 0.15) is 74.1 Å². The van der Waals surface area contributed by atoms with Gasteiger partial charge in [-0.3, -0.25) is 4.79 Å². The van der Waals surface area contributed by atoms with Gasteiger partial charge in [-0.1, -0.05) is 13.8 Å². The molecule has 0 aromatic rings. The first-order valence-corrected chi connectivity index (χ1v) is 15.1. The van der Waals surface area contributed by atoms with E-state index in [1.165, 1.54) is 7.11 Å². The normalized spacial score (nSPS) is 29.0. The van der Waals surface area contributed by atoms with Crippen molar-refractivity contribution < 1.29 is 19.7 Å². The fourth-order valence-electron chi connectivity index (χ4n) is 7.42. The van der Waals surface area contributed by atoms with E-state index in [9.17, 15) is 15.0 Å². The van der Waals surface area contributed by atoms with Gasteiger partial charge in [-0.05, 0) is 88.0 Å². The van der Waals surface area contributed by atoms with Crippen molar-refractivity contribution >= 4 is 23.1 Å². The van der Waals surface area contributed by atoms with E-state index in [0.717, 1.165) is 79.8 Å².